The number of rotatable bonds is 14. The number of anilines is 2. The highest BCUT2D eigenvalue weighted by Crippen LogP contribution is 2.32. The van der Waals surface area contributed by atoms with Crippen LogP contribution in [0, 0.1) is 5.82 Å². The lowest BCUT2D eigenvalue weighted by Crippen LogP contribution is -2.24. The van der Waals surface area contributed by atoms with E-state index in [4.69, 9.17) is 9.72 Å². The molecule has 0 aliphatic rings. The van der Waals surface area contributed by atoms with Crippen LogP contribution in [0.25, 0.3) is 22.3 Å². The molecule has 0 unspecified atom stereocenters. The molecule has 240 valence electrons. The Morgan fingerprint density at radius 2 is 1.85 bits per heavy atom. The maximum atomic E-state index is 13.5. The maximum absolute atomic E-state index is 13.5. The zero-order valence-electron chi connectivity index (χ0n) is 24.9. The van der Waals surface area contributed by atoms with Crippen molar-refractivity contribution in [3.63, 3.8) is 0 Å². The average Bonchev–Trinajstić information content (AvgIpc) is 3.55. The van der Waals surface area contributed by atoms with Crippen LogP contribution in [0.5, 0.6) is 5.75 Å². The molecule has 0 amide bonds. The van der Waals surface area contributed by atoms with Crippen LogP contribution >= 0.6 is 27.3 Å². The maximum Gasteiger partial charge on any atom is 0.196 e. The predicted molar refractivity (Wildman–Crippen MR) is 184 cm³/mol. The fourth-order valence-electron chi connectivity index (χ4n) is 4.69. The van der Waals surface area contributed by atoms with Gasteiger partial charge in [-0.25, -0.2) is 32.7 Å². The van der Waals surface area contributed by atoms with Gasteiger partial charge in [-0.2, -0.15) is 0 Å². The number of aryl methyl sites for hydroxylation is 1. The Morgan fingerprint density at radius 3 is 2.68 bits per heavy atom. The first-order valence-corrected chi connectivity index (χ1v) is 18.0. The summed E-state index contributed by atoms with van der Waals surface area (Å²) in [4.78, 5) is 22.2. The summed E-state index contributed by atoms with van der Waals surface area (Å²) >= 11 is 5.13. The fourth-order valence-corrected chi connectivity index (χ4v) is 7.15. The van der Waals surface area contributed by atoms with Gasteiger partial charge in [0.15, 0.2) is 14.9 Å². The third-order valence-electron chi connectivity index (χ3n) is 7.06. The molecular weight excluding hydrogens is 705 g/mol. The summed E-state index contributed by atoms with van der Waals surface area (Å²) in [6, 6.07) is 18.7. The Morgan fingerprint density at radius 1 is 0.936 bits per heavy atom. The number of aromatic nitrogens is 5. The second-order valence-corrected chi connectivity index (χ2v) is 14.3. The Balaban J connectivity index is 1.05. The zero-order valence-corrected chi connectivity index (χ0v) is 28.2. The Kier molecular flexibility index (Phi) is 10.4. The lowest BCUT2D eigenvalue weighted by molar-refractivity contribution is 0.303. The van der Waals surface area contributed by atoms with Gasteiger partial charge in [0, 0.05) is 35.6 Å². The van der Waals surface area contributed by atoms with E-state index >= 15 is 0 Å². The summed E-state index contributed by atoms with van der Waals surface area (Å²) in [5, 5.41) is 10.4. The number of thiazole rings is 1. The van der Waals surface area contributed by atoms with Crippen LogP contribution in [-0.4, -0.2) is 52.2 Å². The van der Waals surface area contributed by atoms with Gasteiger partial charge in [0.05, 0.1) is 38.3 Å². The molecule has 0 spiro atoms. The van der Waals surface area contributed by atoms with Crippen molar-refractivity contribution in [1.82, 2.24) is 30.2 Å². The van der Waals surface area contributed by atoms with Gasteiger partial charge in [0.2, 0.25) is 0 Å². The van der Waals surface area contributed by atoms with E-state index in [0.29, 0.717) is 35.9 Å². The number of nitrogens with zero attached hydrogens (tertiary/aromatic N) is 5. The standard InChI is InChI=1S/C33H29BrFN7O3S2/c34-26-16-24(9-10-30(26)45-19-22-5-3-6-23(35)15-22)41-33-25-17-27(38-18-28(25)39-21-40-33)29-20-46-31(42-29)7-4-11-36-13-14-47(43,44)32-8-1-2-12-37-32/h1-3,5-6,8-10,12,15-18,20-21,36H,4,7,11,13-14,19H2,(H,39,40,41). The van der Waals surface area contributed by atoms with Crippen LogP contribution in [0.2, 0.25) is 0 Å². The molecule has 4 heterocycles. The van der Waals surface area contributed by atoms with Gasteiger partial charge in [0.25, 0.3) is 0 Å². The van der Waals surface area contributed by atoms with Crippen molar-refractivity contribution in [1.29, 1.82) is 0 Å². The van der Waals surface area contributed by atoms with E-state index in [1.165, 1.54) is 30.7 Å². The molecule has 4 aromatic heterocycles. The number of fused-ring (bicyclic) bond motifs is 1. The molecule has 14 heteroatoms. The summed E-state index contributed by atoms with van der Waals surface area (Å²) in [5.74, 6) is 0.938. The van der Waals surface area contributed by atoms with E-state index in [9.17, 15) is 12.8 Å². The van der Waals surface area contributed by atoms with Gasteiger partial charge in [-0.1, -0.05) is 18.2 Å². The summed E-state index contributed by atoms with van der Waals surface area (Å²) in [5.41, 5.74) is 3.68. The largest absolute Gasteiger partial charge is 0.488 e. The van der Waals surface area contributed by atoms with Crippen LogP contribution < -0.4 is 15.4 Å². The van der Waals surface area contributed by atoms with Crippen molar-refractivity contribution in [2.45, 2.75) is 24.5 Å². The van der Waals surface area contributed by atoms with Gasteiger partial charge in [0.1, 0.15) is 30.3 Å². The van der Waals surface area contributed by atoms with Crippen LogP contribution in [0.4, 0.5) is 15.9 Å². The molecule has 0 aliphatic heterocycles. The topological polar surface area (TPSA) is 132 Å². The van der Waals surface area contributed by atoms with Crippen molar-refractivity contribution in [2.75, 3.05) is 24.2 Å². The van der Waals surface area contributed by atoms with E-state index in [-0.39, 0.29) is 23.2 Å². The molecule has 0 fully saturated rings. The third-order valence-corrected chi connectivity index (χ3v) is 10.2. The summed E-state index contributed by atoms with van der Waals surface area (Å²) in [6.45, 7) is 1.26. The second-order valence-electron chi connectivity index (χ2n) is 10.5. The van der Waals surface area contributed by atoms with Crippen molar-refractivity contribution in [2.24, 2.45) is 0 Å². The number of sulfone groups is 1. The predicted octanol–water partition coefficient (Wildman–Crippen LogP) is 6.76. The Hall–Kier alpha value is -4.37. The summed E-state index contributed by atoms with van der Waals surface area (Å²) < 4.78 is 44.9. The van der Waals surface area contributed by atoms with Crippen molar-refractivity contribution in [3.8, 4) is 17.1 Å². The first-order chi connectivity index (χ1) is 22.8. The van der Waals surface area contributed by atoms with Crippen LogP contribution in [0.15, 0.2) is 100 Å². The molecule has 0 radical (unpaired) electrons. The van der Waals surface area contributed by atoms with Crippen molar-refractivity contribution in [3.05, 3.63) is 112 Å². The number of ether oxygens (including phenoxy) is 1. The smallest absolute Gasteiger partial charge is 0.196 e. The van der Waals surface area contributed by atoms with Gasteiger partial charge in [-0.15, -0.1) is 11.3 Å². The molecule has 47 heavy (non-hydrogen) atoms. The normalized spacial score (nSPS) is 11.5. The lowest BCUT2D eigenvalue weighted by Gasteiger charge is -2.12. The molecule has 0 saturated heterocycles. The van der Waals surface area contributed by atoms with Crippen LogP contribution in [0.1, 0.15) is 17.0 Å². The highest BCUT2D eigenvalue weighted by atomic mass is 79.9. The first kappa shape index (κ1) is 32.6. The minimum Gasteiger partial charge on any atom is -0.488 e. The monoisotopic (exact) mass is 733 g/mol. The molecule has 2 N–H and O–H groups in total. The second kappa shape index (κ2) is 15.0. The number of pyridine rings is 2. The van der Waals surface area contributed by atoms with Crippen molar-refractivity contribution < 1.29 is 17.5 Å². The van der Waals surface area contributed by atoms with Gasteiger partial charge in [-0.05, 0) is 83.0 Å². The quantitative estimate of drug-likeness (QED) is 0.116. The Labute approximate surface area is 283 Å². The van der Waals surface area contributed by atoms with E-state index < -0.39 is 9.84 Å². The minimum absolute atomic E-state index is 0.00534. The molecular formula is C33H29BrFN7O3S2. The molecule has 6 aromatic rings. The molecule has 0 bridgehead atoms. The van der Waals surface area contributed by atoms with Crippen LogP contribution in [0.3, 0.4) is 0 Å². The number of benzene rings is 2. The molecule has 0 aliphatic carbocycles. The van der Waals surface area contributed by atoms with E-state index in [1.807, 2.05) is 35.7 Å². The lowest BCUT2D eigenvalue weighted by atomic mass is 10.2. The summed E-state index contributed by atoms with van der Waals surface area (Å²) in [6.07, 6.45) is 6.24. The highest BCUT2D eigenvalue weighted by molar-refractivity contribution is 9.10. The third kappa shape index (κ3) is 8.51. The van der Waals surface area contributed by atoms with Crippen molar-refractivity contribution >= 4 is 59.5 Å². The van der Waals surface area contributed by atoms with E-state index in [0.717, 1.165) is 44.7 Å². The fraction of sp³-hybridized carbons (Fsp3) is 0.182. The number of hydrogen-bond acceptors (Lipinski definition) is 11. The van der Waals surface area contributed by atoms with E-state index in [1.54, 1.807) is 35.7 Å². The molecule has 10 nitrogen and oxygen atoms in total. The van der Waals surface area contributed by atoms with Gasteiger partial charge >= 0.3 is 0 Å². The van der Waals surface area contributed by atoms with Crippen LogP contribution in [-0.2, 0) is 22.9 Å². The minimum atomic E-state index is -3.40. The molecule has 2 aromatic carbocycles. The number of nitrogens with one attached hydrogen (secondary N) is 2. The first-order valence-electron chi connectivity index (χ1n) is 14.7. The van der Waals surface area contributed by atoms with Gasteiger partial charge in [-0.3, -0.25) is 4.98 Å². The average molecular weight is 735 g/mol. The zero-order chi connectivity index (χ0) is 32.6. The molecule has 0 saturated carbocycles. The Bertz CT molecular complexity index is 2100. The number of hydrogen-bond donors (Lipinski definition) is 2. The highest BCUT2D eigenvalue weighted by Gasteiger charge is 2.15. The molecule has 6 rings (SSSR count). The SMILES string of the molecule is O=S(=O)(CCNCCCc1nc(-c2cc3c(Nc4ccc(OCc5cccc(F)c5)c(Br)c4)ncnc3cn2)cs1)c1ccccn1. The molecule has 0 atom stereocenters. The summed E-state index contributed by atoms with van der Waals surface area (Å²) in [7, 11) is -3.40. The van der Waals surface area contributed by atoms with E-state index in [2.05, 4.69) is 46.5 Å². The number of halogens is 2. The van der Waals surface area contributed by atoms with Gasteiger partial charge < -0.3 is 15.4 Å².